The topological polar surface area (TPSA) is 36.4 Å². The van der Waals surface area contributed by atoms with Crippen LogP contribution in [0.4, 0.5) is 5.69 Å². The lowest BCUT2D eigenvalue weighted by molar-refractivity contribution is -0.107. The first-order valence-electron chi connectivity index (χ1n) is 8.61. The molecule has 1 atom stereocenters. The number of amides is 1. The number of benzene rings is 1. The molecule has 1 aromatic carbocycles. The van der Waals surface area contributed by atoms with Gasteiger partial charge in [-0.2, -0.15) is 0 Å². The molecule has 1 aromatic heterocycles. The van der Waals surface area contributed by atoms with Crippen LogP contribution in [0.5, 0.6) is 0 Å². The predicted molar refractivity (Wildman–Crippen MR) is 102 cm³/mol. The number of nitrogens with zero attached hydrogens (tertiary/aromatic N) is 3. The van der Waals surface area contributed by atoms with Crippen molar-refractivity contribution < 1.29 is 4.79 Å². The first-order valence-corrected chi connectivity index (χ1v) is 8.98. The summed E-state index contributed by atoms with van der Waals surface area (Å²) < 4.78 is 0. The van der Waals surface area contributed by atoms with E-state index < -0.39 is 0 Å². The number of carbonyl (C=O) groups is 1. The van der Waals surface area contributed by atoms with E-state index in [4.69, 9.17) is 11.6 Å². The lowest BCUT2D eigenvalue weighted by Gasteiger charge is -2.27. The second-order valence-corrected chi connectivity index (χ2v) is 6.46. The van der Waals surface area contributed by atoms with Crippen LogP contribution in [0.3, 0.4) is 0 Å². The fourth-order valence-corrected chi connectivity index (χ4v) is 3.18. The highest BCUT2D eigenvalue weighted by atomic mass is 35.5. The van der Waals surface area contributed by atoms with Crippen LogP contribution in [0.15, 0.2) is 30.5 Å². The van der Waals surface area contributed by atoms with Gasteiger partial charge in [-0.1, -0.05) is 25.4 Å². The number of aromatic nitrogens is 1. The predicted octanol–water partition coefficient (Wildman–Crippen LogP) is 4.36. The van der Waals surface area contributed by atoms with Crippen molar-refractivity contribution in [2.45, 2.75) is 39.7 Å². The average Bonchev–Trinajstić information content (AvgIpc) is 2.59. The van der Waals surface area contributed by atoms with E-state index in [0.717, 1.165) is 55.5 Å². The first kappa shape index (κ1) is 18.7. The van der Waals surface area contributed by atoms with Crippen molar-refractivity contribution in [3.05, 3.63) is 35.5 Å². The monoisotopic (exact) mass is 347 g/mol. The molecule has 0 spiro atoms. The molecule has 1 amide bonds. The van der Waals surface area contributed by atoms with Crippen molar-refractivity contribution >= 4 is 34.6 Å². The maximum absolute atomic E-state index is 11.7. The Morgan fingerprint density at radius 2 is 2.00 bits per heavy atom. The van der Waals surface area contributed by atoms with E-state index in [9.17, 15) is 4.79 Å². The third-order valence-corrected chi connectivity index (χ3v) is 4.77. The Balaban J connectivity index is 2.14. The minimum Gasteiger partial charge on any atom is -0.311 e. The molecule has 0 aliphatic carbocycles. The number of pyridine rings is 1. The molecule has 0 fully saturated rings. The quantitative estimate of drug-likeness (QED) is 0.632. The molecule has 4 nitrogen and oxygen atoms in total. The van der Waals surface area contributed by atoms with Crippen LogP contribution in [-0.2, 0) is 4.79 Å². The fourth-order valence-electron chi connectivity index (χ4n) is 3.02. The SMILES string of the molecule is CCN(CC)CCCC(C)N(C=O)c1ccnc2cc(Cl)ccc12. The summed E-state index contributed by atoms with van der Waals surface area (Å²) in [4.78, 5) is 20.3. The summed E-state index contributed by atoms with van der Waals surface area (Å²) in [6.07, 6.45) is 4.69. The number of hydrogen-bond donors (Lipinski definition) is 0. The van der Waals surface area contributed by atoms with E-state index in [-0.39, 0.29) is 6.04 Å². The lowest BCUT2D eigenvalue weighted by Crippen LogP contribution is -2.33. The molecule has 0 aliphatic rings. The van der Waals surface area contributed by atoms with E-state index in [0.29, 0.717) is 5.02 Å². The smallest absolute Gasteiger partial charge is 0.214 e. The van der Waals surface area contributed by atoms with Crippen LogP contribution < -0.4 is 4.90 Å². The zero-order chi connectivity index (χ0) is 17.5. The number of anilines is 1. The van der Waals surface area contributed by atoms with E-state index >= 15 is 0 Å². The highest BCUT2D eigenvalue weighted by Gasteiger charge is 2.17. The fraction of sp³-hybridized carbons (Fsp3) is 0.474. The molecule has 5 heteroatoms. The van der Waals surface area contributed by atoms with Gasteiger partial charge in [0.15, 0.2) is 0 Å². The summed E-state index contributed by atoms with van der Waals surface area (Å²) in [5, 5.41) is 1.60. The standard InChI is InChI=1S/C19H26ClN3O/c1-4-22(5-2)12-6-7-15(3)23(14-24)19-10-11-21-18-13-16(20)8-9-17(18)19/h8-11,13-15H,4-7,12H2,1-3H3. The largest absolute Gasteiger partial charge is 0.311 e. The Labute approximate surface area is 149 Å². The Bertz CT molecular complexity index is 673. The third-order valence-electron chi connectivity index (χ3n) is 4.54. The van der Waals surface area contributed by atoms with Gasteiger partial charge in [-0.05, 0) is 63.7 Å². The molecular weight excluding hydrogens is 322 g/mol. The van der Waals surface area contributed by atoms with Gasteiger partial charge < -0.3 is 9.80 Å². The molecule has 0 bridgehead atoms. The van der Waals surface area contributed by atoms with Crippen molar-refractivity contribution in [1.82, 2.24) is 9.88 Å². The van der Waals surface area contributed by atoms with Crippen LogP contribution >= 0.6 is 11.6 Å². The van der Waals surface area contributed by atoms with Crippen LogP contribution in [0.2, 0.25) is 5.02 Å². The van der Waals surface area contributed by atoms with Gasteiger partial charge in [0.05, 0.1) is 11.2 Å². The van der Waals surface area contributed by atoms with Crippen LogP contribution in [0.25, 0.3) is 10.9 Å². The molecule has 0 aliphatic heterocycles. The summed E-state index contributed by atoms with van der Waals surface area (Å²) >= 11 is 6.04. The van der Waals surface area contributed by atoms with Gasteiger partial charge >= 0.3 is 0 Å². The van der Waals surface area contributed by atoms with Gasteiger partial charge in [0.1, 0.15) is 0 Å². The summed E-state index contributed by atoms with van der Waals surface area (Å²) in [7, 11) is 0. The molecular formula is C19H26ClN3O. The number of fused-ring (bicyclic) bond motifs is 1. The molecule has 0 saturated heterocycles. The minimum atomic E-state index is 0.138. The number of hydrogen-bond acceptors (Lipinski definition) is 3. The summed E-state index contributed by atoms with van der Waals surface area (Å²) in [6.45, 7) is 9.66. The zero-order valence-corrected chi connectivity index (χ0v) is 15.5. The molecule has 0 radical (unpaired) electrons. The molecule has 1 unspecified atom stereocenters. The maximum atomic E-state index is 11.7. The van der Waals surface area contributed by atoms with Gasteiger partial charge in [-0.15, -0.1) is 0 Å². The Hall–Kier alpha value is -1.65. The van der Waals surface area contributed by atoms with Crippen molar-refractivity contribution in [2.24, 2.45) is 0 Å². The summed E-state index contributed by atoms with van der Waals surface area (Å²) in [5.74, 6) is 0. The van der Waals surface area contributed by atoms with Gasteiger partial charge in [-0.25, -0.2) is 0 Å². The Morgan fingerprint density at radius 1 is 1.25 bits per heavy atom. The number of carbonyl (C=O) groups excluding carboxylic acids is 1. The van der Waals surface area contributed by atoms with E-state index in [1.54, 1.807) is 11.1 Å². The number of rotatable bonds is 9. The maximum Gasteiger partial charge on any atom is 0.214 e. The first-order chi connectivity index (χ1) is 11.6. The van der Waals surface area contributed by atoms with E-state index in [1.165, 1.54) is 0 Å². The van der Waals surface area contributed by atoms with Crippen LogP contribution in [0.1, 0.15) is 33.6 Å². The highest BCUT2D eigenvalue weighted by molar-refractivity contribution is 6.31. The molecule has 0 saturated carbocycles. The lowest BCUT2D eigenvalue weighted by atomic mass is 10.1. The van der Waals surface area contributed by atoms with E-state index in [2.05, 4.69) is 30.7 Å². The van der Waals surface area contributed by atoms with Crippen LogP contribution in [-0.4, -0.2) is 42.0 Å². The van der Waals surface area contributed by atoms with Gasteiger partial charge in [-0.3, -0.25) is 9.78 Å². The molecule has 0 N–H and O–H groups in total. The summed E-state index contributed by atoms with van der Waals surface area (Å²) in [6, 6.07) is 7.63. The second kappa shape index (κ2) is 9.00. The average molecular weight is 348 g/mol. The van der Waals surface area contributed by atoms with Crippen LogP contribution in [0, 0.1) is 0 Å². The third kappa shape index (κ3) is 4.46. The van der Waals surface area contributed by atoms with Crippen molar-refractivity contribution in [3.63, 3.8) is 0 Å². The van der Waals surface area contributed by atoms with Crippen molar-refractivity contribution in [3.8, 4) is 0 Å². The highest BCUT2D eigenvalue weighted by Crippen LogP contribution is 2.28. The molecule has 1 heterocycles. The van der Waals surface area contributed by atoms with Gasteiger partial charge in [0, 0.05) is 22.6 Å². The minimum absolute atomic E-state index is 0.138. The molecule has 2 rings (SSSR count). The molecule has 130 valence electrons. The van der Waals surface area contributed by atoms with Gasteiger partial charge in [0.25, 0.3) is 0 Å². The zero-order valence-electron chi connectivity index (χ0n) is 14.7. The van der Waals surface area contributed by atoms with Crippen molar-refractivity contribution in [1.29, 1.82) is 0 Å². The summed E-state index contributed by atoms with van der Waals surface area (Å²) in [5.41, 5.74) is 1.70. The van der Waals surface area contributed by atoms with E-state index in [1.807, 2.05) is 24.3 Å². The number of halogens is 1. The normalized spacial score (nSPS) is 12.5. The molecule has 24 heavy (non-hydrogen) atoms. The Kier molecular flexibility index (Phi) is 7.00. The second-order valence-electron chi connectivity index (χ2n) is 6.02. The van der Waals surface area contributed by atoms with Crippen molar-refractivity contribution in [2.75, 3.05) is 24.5 Å². The molecule has 2 aromatic rings. The van der Waals surface area contributed by atoms with Gasteiger partial charge in [0.2, 0.25) is 6.41 Å². The Morgan fingerprint density at radius 3 is 2.67 bits per heavy atom.